The Balaban J connectivity index is 2.19. The molecule has 0 fully saturated rings. The van der Waals surface area contributed by atoms with E-state index in [2.05, 4.69) is 27.3 Å². The molecule has 1 aliphatic rings. The molecule has 0 spiro atoms. The average molecular weight is 367 g/mol. The number of hydrogen-bond donors (Lipinski definition) is 1. The van der Waals surface area contributed by atoms with Crippen LogP contribution < -0.4 is 10.1 Å². The standard InChI is InChI=1S/C16H13BrClNO2/c1-21-16-12(9-2-5-11(18)6-3-9)8-10-4-7-13(20)19-15(10)14(16)17/h2-3,5-6,8H,4,7H2,1H3,(H,19,20). The molecule has 1 aliphatic heterocycles. The third kappa shape index (κ3) is 2.65. The molecule has 0 atom stereocenters. The summed E-state index contributed by atoms with van der Waals surface area (Å²) in [6, 6.07) is 9.69. The molecule has 0 aliphatic carbocycles. The van der Waals surface area contributed by atoms with Crippen LogP contribution in [0.3, 0.4) is 0 Å². The summed E-state index contributed by atoms with van der Waals surface area (Å²) in [6.45, 7) is 0. The molecule has 2 aromatic carbocycles. The van der Waals surface area contributed by atoms with E-state index in [1.807, 2.05) is 24.3 Å². The van der Waals surface area contributed by atoms with E-state index in [9.17, 15) is 4.79 Å². The summed E-state index contributed by atoms with van der Waals surface area (Å²) in [5.74, 6) is 0.739. The van der Waals surface area contributed by atoms with E-state index in [1.165, 1.54) is 0 Å². The second-order valence-corrected chi connectivity index (χ2v) is 6.09. The topological polar surface area (TPSA) is 38.3 Å². The van der Waals surface area contributed by atoms with Gasteiger partial charge in [-0.2, -0.15) is 0 Å². The number of ether oxygens (including phenoxy) is 1. The van der Waals surface area contributed by atoms with E-state index in [-0.39, 0.29) is 5.91 Å². The van der Waals surface area contributed by atoms with Gasteiger partial charge in [-0.25, -0.2) is 0 Å². The summed E-state index contributed by atoms with van der Waals surface area (Å²) in [4.78, 5) is 11.6. The van der Waals surface area contributed by atoms with E-state index in [4.69, 9.17) is 16.3 Å². The van der Waals surface area contributed by atoms with Gasteiger partial charge < -0.3 is 10.1 Å². The van der Waals surface area contributed by atoms with Crippen LogP contribution in [-0.2, 0) is 11.2 Å². The van der Waals surface area contributed by atoms with Gasteiger partial charge in [0, 0.05) is 17.0 Å². The van der Waals surface area contributed by atoms with Crippen LogP contribution in [0.5, 0.6) is 5.75 Å². The van der Waals surface area contributed by atoms with E-state index in [0.717, 1.165) is 33.3 Å². The fourth-order valence-corrected chi connectivity index (χ4v) is 3.37. The van der Waals surface area contributed by atoms with E-state index in [1.54, 1.807) is 7.11 Å². The van der Waals surface area contributed by atoms with Crippen molar-refractivity contribution >= 4 is 39.1 Å². The number of halogens is 2. The Hall–Kier alpha value is -1.52. The SMILES string of the molecule is COc1c(-c2ccc(Cl)cc2)cc2c(c1Br)NC(=O)CC2. The van der Waals surface area contributed by atoms with E-state index >= 15 is 0 Å². The number of hydrogen-bond acceptors (Lipinski definition) is 2. The summed E-state index contributed by atoms with van der Waals surface area (Å²) < 4.78 is 6.31. The lowest BCUT2D eigenvalue weighted by atomic mass is 9.96. The van der Waals surface area contributed by atoms with Crippen LogP contribution in [0.1, 0.15) is 12.0 Å². The van der Waals surface area contributed by atoms with Gasteiger partial charge in [-0.3, -0.25) is 4.79 Å². The Morgan fingerprint density at radius 1 is 1.24 bits per heavy atom. The van der Waals surface area contributed by atoms with Gasteiger partial charge in [0.05, 0.1) is 17.3 Å². The van der Waals surface area contributed by atoms with Crippen LogP contribution in [0.15, 0.2) is 34.8 Å². The first-order valence-electron chi connectivity index (χ1n) is 6.55. The predicted octanol–water partition coefficient (Wildman–Crippen LogP) is 4.66. The van der Waals surface area contributed by atoms with Gasteiger partial charge in [0.15, 0.2) is 0 Å². The van der Waals surface area contributed by atoms with Crippen LogP contribution in [0.4, 0.5) is 5.69 Å². The van der Waals surface area contributed by atoms with Crippen LogP contribution in [-0.4, -0.2) is 13.0 Å². The minimum atomic E-state index is 0.0319. The van der Waals surface area contributed by atoms with Gasteiger partial charge in [0.2, 0.25) is 5.91 Å². The Bertz CT molecular complexity index is 713. The van der Waals surface area contributed by atoms with Crippen LogP contribution in [0.2, 0.25) is 5.02 Å². The van der Waals surface area contributed by atoms with Gasteiger partial charge >= 0.3 is 0 Å². The summed E-state index contributed by atoms with van der Waals surface area (Å²) in [5, 5.41) is 3.60. The zero-order valence-corrected chi connectivity index (χ0v) is 13.7. The quantitative estimate of drug-likeness (QED) is 0.839. The van der Waals surface area contributed by atoms with Gasteiger partial charge in [-0.15, -0.1) is 0 Å². The average Bonchev–Trinajstić information content (AvgIpc) is 2.48. The number of rotatable bonds is 2. The molecule has 0 aromatic heterocycles. The molecule has 1 amide bonds. The fraction of sp³-hybridized carbons (Fsp3) is 0.188. The number of nitrogens with one attached hydrogen (secondary N) is 1. The molecule has 108 valence electrons. The van der Waals surface area contributed by atoms with Crippen LogP contribution in [0.25, 0.3) is 11.1 Å². The van der Waals surface area contributed by atoms with Crippen LogP contribution >= 0.6 is 27.5 Å². The highest BCUT2D eigenvalue weighted by Crippen LogP contribution is 2.44. The molecule has 0 saturated carbocycles. The highest BCUT2D eigenvalue weighted by Gasteiger charge is 2.23. The van der Waals surface area contributed by atoms with Crippen molar-refractivity contribution in [3.05, 3.63) is 45.4 Å². The molecule has 0 unspecified atom stereocenters. The van der Waals surface area contributed by atoms with Gasteiger partial charge in [-0.1, -0.05) is 23.7 Å². The molecule has 3 rings (SSSR count). The number of aryl methyl sites for hydroxylation is 1. The Morgan fingerprint density at radius 2 is 1.95 bits per heavy atom. The summed E-state index contributed by atoms with van der Waals surface area (Å²) in [5.41, 5.74) is 3.92. The first-order chi connectivity index (χ1) is 10.1. The highest BCUT2D eigenvalue weighted by molar-refractivity contribution is 9.10. The number of anilines is 1. The minimum absolute atomic E-state index is 0.0319. The molecule has 3 nitrogen and oxygen atoms in total. The van der Waals surface area contributed by atoms with Crippen molar-refractivity contribution < 1.29 is 9.53 Å². The molecule has 0 radical (unpaired) electrons. The molecule has 21 heavy (non-hydrogen) atoms. The zero-order chi connectivity index (χ0) is 15.0. The first-order valence-corrected chi connectivity index (χ1v) is 7.72. The second-order valence-electron chi connectivity index (χ2n) is 4.86. The minimum Gasteiger partial charge on any atom is -0.495 e. The van der Waals surface area contributed by atoms with Crippen molar-refractivity contribution in [1.29, 1.82) is 0 Å². The molecule has 1 N–H and O–H groups in total. The van der Waals surface area contributed by atoms with Crippen molar-refractivity contribution in [2.24, 2.45) is 0 Å². The third-order valence-electron chi connectivity index (χ3n) is 3.55. The predicted molar refractivity (Wildman–Crippen MR) is 88.1 cm³/mol. The normalized spacial score (nSPS) is 13.6. The Morgan fingerprint density at radius 3 is 2.62 bits per heavy atom. The van der Waals surface area contributed by atoms with Crippen LogP contribution in [0, 0.1) is 0 Å². The van der Waals surface area contributed by atoms with Crippen molar-refractivity contribution in [3.63, 3.8) is 0 Å². The first kappa shape index (κ1) is 14.4. The van der Waals surface area contributed by atoms with E-state index < -0.39 is 0 Å². The maximum atomic E-state index is 11.6. The summed E-state index contributed by atoms with van der Waals surface area (Å²) >= 11 is 9.50. The lowest BCUT2D eigenvalue weighted by Crippen LogP contribution is -2.19. The molecular weight excluding hydrogens is 354 g/mol. The highest BCUT2D eigenvalue weighted by atomic mass is 79.9. The second kappa shape index (κ2) is 5.70. The molecule has 0 bridgehead atoms. The number of carbonyl (C=O) groups is 1. The molecule has 5 heteroatoms. The van der Waals surface area contributed by atoms with Gasteiger partial charge in [0.1, 0.15) is 5.75 Å². The molecule has 0 saturated heterocycles. The maximum Gasteiger partial charge on any atom is 0.224 e. The Kier molecular flexibility index (Phi) is 3.91. The third-order valence-corrected chi connectivity index (χ3v) is 4.56. The Labute approximate surface area is 136 Å². The largest absolute Gasteiger partial charge is 0.495 e. The van der Waals surface area contributed by atoms with E-state index in [0.29, 0.717) is 17.2 Å². The number of benzene rings is 2. The zero-order valence-electron chi connectivity index (χ0n) is 11.4. The number of methoxy groups -OCH3 is 1. The molecule has 2 aromatic rings. The maximum absolute atomic E-state index is 11.6. The number of fused-ring (bicyclic) bond motifs is 1. The smallest absolute Gasteiger partial charge is 0.224 e. The van der Waals surface area contributed by atoms with Crippen molar-refractivity contribution in [2.75, 3.05) is 12.4 Å². The number of carbonyl (C=O) groups excluding carboxylic acids is 1. The number of amides is 1. The summed E-state index contributed by atoms with van der Waals surface area (Å²) in [7, 11) is 1.62. The lowest BCUT2D eigenvalue weighted by Gasteiger charge is -2.22. The van der Waals surface area contributed by atoms with Crippen molar-refractivity contribution in [1.82, 2.24) is 0 Å². The molecular formula is C16H13BrClNO2. The van der Waals surface area contributed by atoms with Crippen molar-refractivity contribution in [2.45, 2.75) is 12.8 Å². The van der Waals surface area contributed by atoms with Crippen molar-refractivity contribution in [3.8, 4) is 16.9 Å². The monoisotopic (exact) mass is 365 g/mol. The fourth-order valence-electron chi connectivity index (χ4n) is 2.51. The lowest BCUT2D eigenvalue weighted by molar-refractivity contribution is -0.116. The van der Waals surface area contributed by atoms with Gasteiger partial charge in [0.25, 0.3) is 0 Å². The summed E-state index contributed by atoms with van der Waals surface area (Å²) in [6.07, 6.45) is 1.23. The molecule has 1 heterocycles. The van der Waals surface area contributed by atoms with Gasteiger partial charge in [-0.05, 0) is 51.7 Å².